The summed E-state index contributed by atoms with van der Waals surface area (Å²) in [6.45, 7) is 0. The molecule has 0 aliphatic heterocycles. The summed E-state index contributed by atoms with van der Waals surface area (Å²) < 4.78 is 1.87. The highest BCUT2D eigenvalue weighted by Crippen LogP contribution is 2.38. The van der Waals surface area contributed by atoms with Gasteiger partial charge < -0.3 is 0 Å². The lowest BCUT2D eigenvalue weighted by Gasteiger charge is -1.89. The van der Waals surface area contributed by atoms with Crippen molar-refractivity contribution < 1.29 is 4.92 Å². The van der Waals surface area contributed by atoms with Crippen LogP contribution in [0.5, 0.6) is 0 Å². The Labute approximate surface area is 103 Å². The molecule has 2 aromatic heterocycles. The second kappa shape index (κ2) is 3.52. The highest BCUT2D eigenvalue weighted by Gasteiger charge is 2.14. The zero-order valence-corrected chi connectivity index (χ0v) is 9.97. The molecule has 0 bridgehead atoms. The number of thiophene rings is 2. The van der Waals surface area contributed by atoms with Crippen molar-refractivity contribution in [1.82, 2.24) is 0 Å². The molecular weight excluding hydrogens is 256 g/mol. The third-order valence-corrected chi connectivity index (χ3v) is 4.53. The van der Waals surface area contributed by atoms with Crippen molar-refractivity contribution in [3.63, 3.8) is 0 Å². The van der Waals surface area contributed by atoms with Crippen molar-refractivity contribution in [2.45, 2.75) is 0 Å². The summed E-state index contributed by atoms with van der Waals surface area (Å²) in [5.41, 5.74) is 0. The van der Waals surface area contributed by atoms with Crippen LogP contribution < -0.4 is 0 Å². The molecule has 0 atom stereocenters. The number of nitrogens with zero attached hydrogens (tertiary/aromatic N) is 2. The SMILES string of the molecule is N#Cc1cc2c(ccc3sc([N+](=O)[O-])cc32)s1. The van der Waals surface area contributed by atoms with Crippen LogP contribution in [-0.2, 0) is 0 Å². The smallest absolute Gasteiger partial charge is 0.258 e. The predicted molar refractivity (Wildman–Crippen MR) is 68.6 cm³/mol. The molecule has 1 aromatic carbocycles. The first kappa shape index (κ1) is 10.2. The maximum absolute atomic E-state index is 10.7. The van der Waals surface area contributed by atoms with E-state index in [9.17, 15) is 10.1 Å². The fraction of sp³-hybridized carbons (Fsp3) is 0. The van der Waals surface area contributed by atoms with E-state index in [0.29, 0.717) is 4.88 Å². The molecule has 0 aliphatic carbocycles. The topological polar surface area (TPSA) is 66.9 Å². The lowest BCUT2D eigenvalue weighted by atomic mass is 10.2. The van der Waals surface area contributed by atoms with Gasteiger partial charge in [0.1, 0.15) is 10.9 Å². The molecule has 3 rings (SSSR count). The molecule has 82 valence electrons. The van der Waals surface area contributed by atoms with Gasteiger partial charge in [-0.15, -0.1) is 11.3 Å². The molecule has 0 saturated heterocycles. The van der Waals surface area contributed by atoms with Crippen molar-refractivity contribution >= 4 is 47.8 Å². The van der Waals surface area contributed by atoms with Crippen molar-refractivity contribution in [2.24, 2.45) is 0 Å². The van der Waals surface area contributed by atoms with Crippen molar-refractivity contribution in [3.05, 3.63) is 39.3 Å². The van der Waals surface area contributed by atoms with E-state index in [4.69, 9.17) is 5.26 Å². The highest BCUT2D eigenvalue weighted by atomic mass is 32.1. The van der Waals surface area contributed by atoms with Crippen molar-refractivity contribution in [2.75, 3.05) is 0 Å². The first-order chi connectivity index (χ1) is 8.19. The number of hydrogen-bond acceptors (Lipinski definition) is 5. The van der Waals surface area contributed by atoms with Crippen LogP contribution in [0.1, 0.15) is 4.88 Å². The molecular formula is C11H4N2O2S2. The molecule has 17 heavy (non-hydrogen) atoms. The number of fused-ring (bicyclic) bond motifs is 3. The molecule has 0 unspecified atom stereocenters. The number of nitro groups is 1. The Kier molecular flexibility index (Phi) is 2.11. The van der Waals surface area contributed by atoms with Crippen molar-refractivity contribution in [1.29, 1.82) is 5.26 Å². The molecule has 0 spiro atoms. The Balaban J connectivity index is 2.42. The van der Waals surface area contributed by atoms with Gasteiger partial charge >= 0.3 is 5.00 Å². The van der Waals surface area contributed by atoms with Crippen LogP contribution in [-0.4, -0.2) is 4.92 Å². The van der Waals surface area contributed by atoms with E-state index >= 15 is 0 Å². The zero-order valence-electron chi connectivity index (χ0n) is 8.34. The third-order valence-electron chi connectivity index (χ3n) is 2.47. The van der Waals surface area contributed by atoms with E-state index in [2.05, 4.69) is 6.07 Å². The first-order valence-corrected chi connectivity index (χ1v) is 6.33. The molecule has 2 heterocycles. The van der Waals surface area contributed by atoms with Gasteiger partial charge in [0.2, 0.25) is 0 Å². The Morgan fingerprint density at radius 2 is 1.82 bits per heavy atom. The average Bonchev–Trinajstić information content (AvgIpc) is 2.91. The van der Waals surface area contributed by atoms with E-state index in [1.165, 1.54) is 11.3 Å². The minimum Gasteiger partial charge on any atom is -0.258 e. The predicted octanol–water partition coefficient (Wildman–Crippen LogP) is 3.90. The number of rotatable bonds is 1. The number of hydrogen-bond donors (Lipinski definition) is 0. The maximum Gasteiger partial charge on any atom is 0.325 e. The Morgan fingerprint density at radius 3 is 2.47 bits per heavy atom. The second-order valence-electron chi connectivity index (χ2n) is 3.45. The van der Waals surface area contributed by atoms with E-state index in [0.717, 1.165) is 31.5 Å². The van der Waals surface area contributed by atoms with E-state index < -0.39 is 0 Å². The molecule has 0 N–H and O–H groups in total. The molecule has 0 saturated carbocycles. The monoisotopic (exact) mass is 260 g/mol. The fourth-order valence-electron chi connectivity index (χ4n) is 1.76. The number of nitriles is 1. The molecule has 6 heteroatoms. The Hall–Kier alpha value is -1.97. The second-order valence-corrected chi connectivity index (χ2v) is 5.60. The van der Waals surface area contributed by atoms with Gasteiger partial charge in [-0.2, -0.15) is 5.26 Å². The Bertz CT molecular complexity index is 795. The van der Waals surface area contributed by atoms with Gasteiger partial charge in [-0.25, -0.2) is 0 Å². The van der Waals surface area contributed by atoms with Crippen LogP contribution in [0.2, 0.25) is 0 Å². The van der Waals surface area contributed by atoms with Crippen LogP contribution in [0.15, 0.2) is 24.3 Å². The van der Waals surface area contributed by atoms with Gasteiger partial charge in [0, 0.05) is 26.2 Å². The number of benzene rings is 1. The maximum atomic E-state index is 10.7. The first-order valence-electron chi connectivity index (χ1n) is 4.69. The summed E-state index contributed by atoms with van der Waals surface area (Å²) >= 11 is 2.56. The van der Waals surface area contributed by atoms with Crippen LogP contribution in [0.3, 0.4) is 0 Å². The highest BCUT2D eigenvalue weighted by molar-refractivity contribution is 7.23. The summed E-state index contributed by atoms with van der Waals surface area (Å²) in [4.78, 5) is 11.0. The summed E-state index contributed by atoms with van der Waals surface area (Å²) in [5, 5.41) is 21.5. The van der Waals surface area contributed by atoms with Gasteiger partial charge in [-0.3, -0.25) is 10.1 Å². The van der Waals surface area contributed by atoms with E-state index in [1.54, 1.807) is 12.1 Å². The van der Waals surface area contributed by atoms with Crippen LogP contribution in [0.4, 0.5) is 5.00 Å². The van der Waals surface area contributed by atoms with E-state index in [1.807, 2.05) is 12.1 Å². The van der Waals surface area contributed by atoms with Gasteiger partial charge in [-0.05, 0) is 18.2 Å². The van der Waals surface area contributed by atoms with E-state index in [-0.39, 0.29) is 9.92 Å². The van der Waals surface area contributed by atoms with Crippen LogP contribution in [0.25, 0.3) is 20.2 Å². The fourth-order valence-corrected chi connectivity index (χ4v) is 3.53. The molecule has 0 fully saturated rings. The molecule has 0 radical (unpaired) electrons. The summed E-state index contributed by atoms with van der Waals surface area (Å²) in [6, 6.07) is 9.24. The molecule has 0 aliphatic rings. The van der Waals surface area contributed by atoms with Crippen LogP contribution >= 0.6 is 22.7 Å². The minimum absolute atomic E-state index is 0.136. The molecule has 4 nitrogen and oxygen atoms in total. The molecule has 3 aromatic rings. The van der Waals surface area contributed by atoms with Crippen molar-refractivity contribution in [3.8, 4) is 6.07 Å². The van der Waals surface area contributed by atoms with Crippen LogP contribution in [0, 0.1) is 21.4 Å². The summed E-state index contributed by atoms with van der Waals surface area (Å²) in [7, 11) is 0. The zero-order chi connectivity index (χ0) is 12.0. The average molecular weight is 260 g/mol. The minimum atomic E-state index is -0.381. The molecule has 0 amide bonds. The largest absolute Gasteiger partial charge is 0.325 e. The van der Waals surface area contributed by atoms with Gasteiger partial charge in [0.25, 0.3) is 0 Å². The lowest BCUT2D eigenvalue weighted by Crippen LogP contribution is -1.80. The Morgan fingerprint density at radius 1 is 1.18 bits per heavy atom. The normalized spacial score (nSPS) is 10.8. The third kappa shape index (κ3) is 1.48. The summed E-state index contributed by atoms with van der Waals surface area (Å²) in [5.74, 6) is 0. The quantitative estimate of drug-likeness (QED) is 0.492. The van der Waals surface area contributed by atoms with Gasteiger partial charge in [0.05, 0.1) is 4.92 Å². The van der Waals surface area contributed by atoms with Gasteiger partial charge in [-0.1, -0.05) is 11.3 Å². The lowest BCUT2D eigenvalue weighted by molar-refractivity contribution is -0.380. The standard InChI is InChI=1S/C11H4N2O2S2/c12-5-6-3-7-8-4-11(13(14)15)17-10(8)2-1-9(7)16-6/h1-4H. The summed E-state index contributed by atoms with van der Waals surface area (Å²) in [6.07, 6.45) is 0. The van der Waals surface area contributed by atoms with Gasteiger partial charge in [0.15, 0.2) is 0 Å².